The Kier molecular flexibility index (Phi) is 6.24. The topological polar surface area (TPSA) is 27.7 Å². The summed E-state index contributed by atoms with van der Waals surface area (Å²) >= 11 is 0. The SMILES string of the molecule is C=C/C(C)=C(\C=C1\OCOC1=C)C(CCOC)c1ccccc1. The zero-order valence-corrected chi connectivity index (χ0v) is 13.9. The predicted octanol–water partition coefficient (Wildman–Crippen LogP) is 4.71. The molecule has 0 spiro atoms. The maximum atomic E-state index is 5.52. The highest BCUT2D eigenvalue weighted by molar-refractivity contribution is 5.44. The van der Waals surface area contributed by atoms with Crippen molar-refractivity contribution in [2.75, 3.05) is 20.5 Å². The molecule has 1 heterocycles. The molecule has 2 rings (SSSR count). The standard InChI is InChI=1S/C20H24O3/c1-5-15(2)19(13-20-16(3)22-14-23-20)18(11-12-21-4)17-9-7-6-8-10-17/h5-10,13,18H,1,3,11-12,14H2,2,4H3/b19-15+,20-13+. The van der Waals surface area contributed by atoms with Crippen LogP contribution in [0.15, 0.2) is 78.3 Å². The molecule has 1 aliphatic heterocycles. The van der Waals surface area contributed by atoms with Crippen molar-refractivity contribution in [2.45, 2.75) is 19.3 Å². The van der Waals surface area contributed by atoms with Crippen molar-refractivity contribution in [3.05, 3.63) is 83.9 Å². The minimum atomic E-state index is 0.193. The van der Waals surface area contributed by atoms with Crippen LogP contribution in [0.2, 0.25) is 0 Å². The number of benzene rings is 1. The summed E-state index contributed by atoms with van der Waals surface area (Å²) in [5, 5.41) is 0. The number of ether oxygens (including phenoxy) is 3. The van der Waals surface area contributed by atoms with Crippen molar-refractivity contribution < 1.29 is 14.2 Å². The molecule has 0 aliphatic carbocycles. The second-order valence-electron chi connectivity index (χ2n) is 5.43. The van der Waals surface area contributed by atoms with Gasteiger partial charge in [-0.25, -0.2) is 0 Å². The van der Waals surface area contributed by atoms with Crippen LogP contribution in [0.5, 0.6) is 0 Å². The molecule has 1 aliphatic rings. The number of rotatable bonds is 7. The van der Waals surface area contributed by atoms with Crippen molar-refractivity contribution in [2.24, 2.45) is 0 Å². The maximum Gasteiger partial charge on any atom is 0.231 e. The van der Waals surface area contributed by atoms with Gasteiger partial charge in [0.05, 0.1) is 0 Å². The molecule has 0 bridgehead atoms. The number of allylic oxidation sites excluding steroid dienone is 4. The Labute approximate surface area is 138 Å². The first-order chi connectivity index (χ1) is 11.2. The molecule has 0 amide bonds. The van der Waals surface area contributed by atoms with E-state index in [0.717, 1.165) is 17.6 Å². The van der Waals surface area contributed by atoms with Crippen LogP contribution in [0, 0.1) is 0 Å². The van der Waals surface area contributed by atoms with Gasteiger partial charge >= 0.3 is 0 Å². The smallest absolute Gasteiger partial charge is 0.231 e. The third-order valence-electron chi connectivity index (χ3n) is 3.96. The third-order valence-corrected chi connectivity index (χ3v) is 3.96. The second kappa shape index (κ2) is 8.39. The van der Waals surface area contributed by atoms with E-state index in [4.69, 9.17) is 14.2 Å². The Morgan fingerprint density at radius 1 is 1.30 bits per heavy atom. The van der Waals surface area contributed by atoms with E-state index in [-0.39, 0.29) is 12.7 Å². The molecular weight excluding hydrogens is 288 g/mol. The summed E-state index contributed by atoms with van der Waals surface area (Å²) in [6, 6.07) is 10.4. The molecule has 0 aromatic heterocycles. The lowest BCUT2D eigenvalue weighted by molar-refractivity contribution is 0.0979. The van der Waals surface area contributed by atoms with Crippen molar-refractivity contribution in [3.8, 4) is 0 Å². The monoisotopic (exact) mass is 312 g/mol. The van der Waals surface area contributed by atoms with E-state index in [0.29, 0.717) is 18.1 Å². The minimum Gasteiger partial charge on any atom is -0.454 e. The van der Waals surface area contributed by atoms with Gasteiger partial charge < -0.3 is 14.2 Å². The molecule has 23 heavy (non-hydrogen) atoms. The van der Waals surface area contributed by atoms with Crippen molar-refractivity contribution in [1.82, 2.24) is 0 Å². The molecule has 0 N–H and O–H groups in total. The van der Waals surface area contributed by atoms with Crippen molar-refractivity contribution in [1.29, 1.82) is 0 Å². The zero-order valence-electron chi connectivity index (χ0n) is 13.9. The Hall–Kier alpha value is -2.26. The lowest BCUT2D eigenvalue weighted by Gasteiger charge is -2.21. The highest BCUT2D eigenvalue weighted by atomic mass is 16.7. The van der Waals surface area contributed by atoms with Gasteiger partial charge in [-0.05, 0) is 36.1 Å². The fraction of sp³-hybridized carbons (Fsp3) is 0.300. The van der Waals surface area contributed by atoms with Gasteiger partial charge in [-0.15, -0.1) is 0 Å². The Bertz CT molecular complexity index is 611. The fourth-order valence-corrected chi connectivity index (χ4v) is 2.61. The van der Waals surface area contributed by atoms with E-state index in [2.05, 4.69) is 44.3 Å². The summed E-state index contributed by atoms with van der Waals surface area (Å²) in [5.74, 6) is 1.44. The highest BCUT2D eigenvalue weighted by Gasteiger charge is 2.21. The second-order valence-corrected chi connectivity index (χ2v) is 5.43. The molecule has 1 aromatic rings. The molecule has 1 unspecified atom stereocenters. The molecule has 0 saturated carbocycles. The first kappa shape index (κ1) is 17.1. The lowest BCUT2D eigenvalue weighted by atomic mass is 9.85. The van der Waals surface area contributed by atoms with Crippen molar-refractivity contribution >= 4 is 0 Å². The van der Waals surface area contributed by atoms with Gasteiger partial charge in [-0.1, -0.05) is 49.6 Å². The van der Waals surface area contributed by atoms with Crippen LogP contribution < -0.4 is 0 Å². The Morgan fingerprint density at radius 3 is 2.61 bits per heavy atom. The Balaban J connectivity index is 2.45. The van der Waals surface area contributed by atoms with Crippen LogP contribution >= 0.6 is 0 Å². The van der Waals surface area contributed by atoms with Crippen molar-refractivity contribution in [3.63, 3.8) is 0 Å². The van der Waals surface area contributed by atoms with Crippen LogP contribution in [-0.4, -0.2) is 20.5 Å². The maximum absolute atomic E-state index is 5.52. The van der Waals surface area contributed by atoms with E-state index in [1.54, 1.807) is 7.11 Å². The van der Waals surface area contributed by atoms with E-state index in [9.17, 15) is 0 Å². The average molecular weight is 312 g/mol. The zero-order chi connectivity index (χ0) is 16.7. The minimum absolute atomic E-state index is 0.193. The van der Waals surface area contributed by atoms with Gasteiger partial charge in [0.15, 0.2) is 11.5 Å². The van der Waals surface area contributed by atoms with E-state index in [1.807, 2.05) is 18.2 Å². The lowest BCUT2D eigenvalue weighted by Crippen LogP contribution is -2.07. The average Bonchev–Trinajstić information content (AvgIpc) is 2.99. The molecule has 1 fully saturated rings. The van der Waals surface area contributed by atoms with E-state index in [1.165, 1.54) is 5.56 Å². The van der Waals surface area contributed by atoms with Gasteiger partial charge in [-0.3, -0.25) is 0 Å². The van der Waals surface area contributed by atoms with Crippen LogP contribution in [0.3, 0.4) is 0 Å². The van der Waals surface area contributed by atoms with Crippen LogP contribution in [0.4, 0.5) is 0 Å². The van der Waals surface area contributed by atoms with Crippen LogP contribution in [0.25, 0.3) is 0 Å². The molecule has 3 heteroatoms. The third kappa shape index (κ3) is 4.36. The van der Waals surface area contributed by atoms with Gasteiger partial charge in [-0.2, -0.15) is 0 Å². The number of hydrogen-bond donors (Lipinski definition) is 0. The van der Waals surface area contributed by atoms with Crippen LogP contribution in [-0.2, 0) is 14.2 Å². The molecule has 122 valence electrons. The molecule has 1 saturated heterocycles. The fourth-order valence-electron chi connectivity index (χ4n) is 2.61. The summed E-state index contributed by atoms with van der Waals surface area (Å²) in [7, 11) is 1.72. The molecule has 3 nitrogen and oxygen atoms in total. The highest BCUT2D eigenvalue weighted by Crippen LogP contribution is 2.34. The summed E-state index contributed by atoms with van der Waals surface area (Å²) in [6.45, 7) is 10.8. The predicted molar refractivity (Wildman–Crippen MR) is 92.8 cm³/mol. The van der Waals surface area contributed by atoms with Gasteiger partial charge in [0.25, 0.3) is 0 Å². The van der Waals surface area contributed by atoms with Crippen LogP contribution in [0.1, 0.15) is 24.8 Å². The first-order valence-corrected chi connectivity index (χ1v) is 7.71. The molecule has 1 atom stereocenters. The molecule has 0 radical (unpaired) electrons. The largest absolute Gasteiger partial charge is 0.454 e. The first-order valence-electron chi connectivity index (χ1n) is 7.71. The van der Waals surface area contributed by atoms with Gasteiger partial charge in [0.2, 0.25) is 6.79 Å². The van der Waals surface area contributed by atoms with Gasteiger partial charge in [0.1, 0.15) is 0 Å². The normalized spacial score (nSPS) is 18.2. The van der Waals surface area contributed by atoms with E-state index >= 15 is 0 Å². The molecule has 1 aromatic carbocycles. The molecular formula is C20H24O3. The summed E-state index contributed by atoms with van der Waals surface area (Å²) in [4.78, 5) is 0. The van der Waals surface area contributed by atoms with E-state index < -0.39 is 0 Å². The number of hydrogen-bond acceptors (Lipinski definition) is 3. The Morgan fingerprint density at radius 2 is 2.04 bits per heavy atom. The number of methoxy groups -OCH3 is 1. The van der Waals surface area contributed by atoms with Gasteiger partial charge in [0, 0.05) is 19.6 Å². The quantitative estimate of drug-likeness (QED) is 0.682. The summed E-state index contributed by atoms with van der Waals surface area (Å²) < 4.78 is 16.1. The summed E-state index contributed by atoms with van der Waals surface area (Å²) in [6.07, 6.45) is 4.76. The summed E-state index contributed by atoms with van der Waals surface area (Å²) in [5.41, 5.74) is 3.48.